The Kier molecular flexibility index (Phi) is 4.60. The number of rotatable bonds is 4. The average Bonchev–Trinajstić information content (AvgIpc) is 3.06. The second-order valence-corrected chi connectivity index (χ2v) is 5.91. The van der Waals surface area contributed by atoms with Crippen molar-refractivity contribution in [2.45, 2.75) is 45.3 Å². The maximum Gasteiger partial charge on any atom is 0.318 e. The van der Waals surface area contributed by atoms with Gasteiger partial charge < -0.3 is 14.8 Å². The zero-order valence-electron chi connectivity index (χ0n) is 13.7. The van der Waals surface area contributed by atoms with Gasteiger partial charge >= 0.3 is 6.03 Å². The smallest absolute Gasteiger partial charge is 0.318 e. The van der Waals surface area contributed by atoms with Crippen molar-refractivity contribution in [3.63, 3.8) is 0 Å². The van der Waals surface area contributed by atoms with Crippen LogP contribution in [0.15, 0.2) is 30.6 Å². The molecule has 122 valence electrons. The molecule has 1 aromatic carbocycles. The van der Waals surface area contributed by atoms with Crippen LogP contribution in [-0.4, -0.2) is 32.7 Å². The minimum absolute atomic E-state index is 0.0719. The predicted molar refractivity (Wildman–Crippen MR) is 87.8 cm³/mol. The molecule has 1 aromatic heterocycles. The molecule has 2 aromatic rings. The molecule has 0 bridgehead atoms. The second kappa shape index (κ2) is 6.81. The highest BCUT2D eigenvalue weighted by molar-refractivity contribution is 5.74. The van der Waals surface area contributed by atoms with Crippen molar-refractivity contribution >= 4 is 6.03 Å². The summed E-state index contributed by atoms with van der Waals surface area (Å²) in [5, 5.41) is 10.9. The van der Waals surface area contributed by atoms with E-state index in [1.165, 1.54) is 11.1 Å². The first-order valence-corrected chi connectivity index (χ1v) is 8.16. The zero-order chi connectivity index (χ0) is 16.2. The van der Waals surface area contributed by atoms with Gasteiger partial charge in [0.2, 0.25) is 0 Å². The molecule has 1 N–H and O–H groups in total. The van der Waals surface area contributed by atoms with Crippen LogP contribution in [0.25, 0.3) is 0 Å². The van der Waals surface area contributed by atoms with Crippen molar-refractivity contribution in [2.24, 2.45) is 0 Å². The van der Waals surface area contributed by atoms with Crippen molar-refractivity contribution in [3.8, 4) is 0 Å². The zero-order valence-corrected chi connectivity index (χ0v) is 13.7. The number of nitrogens with zero attached hydrogens (tertiary/aromatic N) is 4. The molecule has 0 saturated carbocycles. The van der Waals surface area contributed by atoms with Crippen molar-refractivity contribution < 1.29 is 4.79 Å². The van der Waals surface area contributed by atoms with Gasteiger partial charge in [-0.25, -0.2) is 4.79 Å². The van der Waals surface area contributed by atoms with Gasteiger partial charge in [-0.3, -0.25) is 0 Å². The molecule has 1 heterocycles. The summed E-state index contributed by atoms with van der Waals surface area (Å²) in [6.07, 6.45) is 4.90. The first kappa shape index (κ1) is 15.5. The lowest BCUT2D eigenvalue weighted by molar-refractivity contribution is 0.183. The van der Waals surface area contributed by atoms with Crippen LogP contribution < -0.4 is 5.32 Å². The summed E-state index contributed by atoms with van der Waals surface area (Å²) in [6.45, 7) is 3.22. The topological polar surface area (TPSA) is 63.1 Å². The Morgan fingerprint density at radius 1 is 1.43 bits per heavy atom. The highest BCUT2D eigenvalue weighted by atomic mass is 16.2. The first-order valence-electron chi connectivity index (χ1n) is 8.16. The highest BCUT2D eigenvalue weighted by Crippen LogP contribution is 2.33. The number of aromatic nitrogens is 3. The van der Waals surface area contributed by atoms with Crippen LogP contribution in [0.5, 0.6) is 0 Å². The third-order valence-electron chi connectivity index (χ3n) is 4.56. The van der Waals surface area contributed by atoms with Gasteiger partial charge in [0.15, 0.2) is 5.82 Å². The number of urea groups is 1. The maximum atomic E-state index is 12.5. The van der Waals surface area contributed by atoms with Crippen LogP contribution in [0, 0.1) is 0 Å². The molecule has 2 amide bonds. The van der Waals surface area contributed by atoms with Crippen molar-refractivity contribution in [3.05, 3.63) is 47.5 Å². The molecule has 1 aliphatic rings. The number of amides is 2. The van der Waals surface area contributed by atoms with Crippen molar-refractivity contribution in [1.82, 2.24) is 25.0 Å². The summed E-state index contributed by atoms with van der Waals surface area (Å²) >= 11 is 0. The third kappa shape index (κ3) is 3.21. The van der Waals surface area contributed by atoms with E-state index in [1.807, 2.05) is 29.5 Å². The largest absolute Gasteiger partial charge is 0.331 e. The van der Waals surface area contributed by atoms with E-state index in [-0.39, 0.29) is 12.1 Å². The third-order valence-corrected chi connectivity index (χ3v) is 4.56. The van der Waals surface area contributed by atoms with Crippen LogP contribution in [0.2, 0.25) is 0 Å². The Bertz CT molecular complexity index is 681. The lowest BCUT2D eigenvalue weighted by atomic mass is 9.87. The molecule has 1 atom stereocenters. The number of carbonyl (C=O) groups excluding carboxylic acids is 1. The summed E-state index contributed by atoms with van der Waals surface area (Å²) in [5.41, 5.74) is 2.63. The van der Waals surface area contributed by atoms with Crippen LogP contribution in [-0.2, 0) is 19.5 Å². The van der Waals surface area contributed by atoms with Crippen molar-refractivity contribution in [1.29, 1.82) is 0 Å². The fourth-order valence-electron chi connectivity index (χ4n) is 3.23. The van der Waals surface area contributed by atoms with Crippen LogP contribution in [0.4, 0.5) is 4.79 Å². The number of fused-ring (bicyclic) bond motifs is 1. The van der Waals surface area contributed by atoms with Gasteiger partial charge in [0.1, 0.15) is 6.33 Å². The van der Waals surface area contributed by atoms with E-state index < -0.39 is 0 Å². The van der Waals surface area contributed by atoms with Crippen LogP contribution in [0.1, 0.15) is 42.8 Å². The molecule has 23 heavy (non-hydrogen) atoms. The van der Waals surface area contributed by atoms with Gasteiger partial charge in [0.25, 0.3) is 0 Å². The Morgan fingerprint density at radius 3 is 3.09 bits per heavy atom. The molecule has 6 heteroatoms. The monoisotopic (exact) mass is 313 g/mol. The molecule has 6 nitrogen and oxygen atoms in total. The Hall–Kier alpha value is -2.37. The number of aryl methyl sites for hydroxylation is 2. The van der Waals surface area contributed by atoms with E-state index in [2.05, 4.69) is 33.7 Å². The van der Waals surface area contributed by atoms with Crippen molar-refractivity contribution in [2.75, 3.05) is 7.05 Å². The summed E-state index contributed by atoms with van der Waals surface area (Å²) in [6, 6.07) is 8.49. The standard InChI is InChI=1S/C17H23N5O/c1-3-22-12-19-20-16(22)11-18-17(23)21(2)15-10-6-8-13-7-4-5-9-14(13)15/h4-5,7,9,12,15H,3,6,8,10-11H2,1-2H3,(H,18,23). The summed E-state index contributed by atoms with van der Waals surface area (Å²) in [7, 11) is 1.87. The van der Waals surface area contributed by atoms with Gasteiger partial charge in [-0.1, -0.05) is 24.3 Å². The normalized spacial score (nSPS) is 16.7. The van der Waals surface area contributed by atoms with E-state index in [1.54, 1.807) is 6.33 Å². The molecule has 0 aliphatic heterocycles. The summed E-state index contributed by atoms with van der Waals surface area (Å²) in [5.74, 6) is 0.776. The van der Waals surface area contributed by atoms with E-state index >= 15 is 0 Å². The van der Waals surface area contributed by atoms with Crippen LogP contribution in [0.3, 0.4) is 0 Å². The minimum Gasteiger partial charge on any atom is -0.331 e. The Labute approximate surface area is 136 Å². The van der Waals surface area contributed by atoms with Gasteiger partial charge in [-0.05, 0) is 37.3 Å². The lowest BCUT2D eigenvalue weighted by Crippen LogP contribution is -2.40. The highest BCUT2D eigenvalue weighted by Gasteiger charge is 2.26. The molecule has 1 aliphatic carbocycles. The van der Waals surface area contributed by atoms with Gasteiger partial charge in [0.05, 0.1) is 12.6 Å². The quantitative estimate of drug-likeness (QED) is 0.943. The van der Waals surface area contributed by atoms with E-state index in [9.17, 15) is 4.79 Å². The minimum atomic E-state index is -0.0719. The molecule has 1 unspecified atom stereocenters. The molecular formula is C17H23N5O. The van der Waals surface area contributed by atoms with E-state index in [4.69, 9.17) is 0 Å². The van der Waals surface area contributed by atoms with E-state index in [0.717, 1.165) is 31.6 Å². The molecule has 0 fully saturated rings. The SMILES string of the molecule is CCn1cnnc1CNC(=O)N(C)C1CCCc2ccccc21. The number of hydrogen-bond acceptors (Lipinski definition) is 3. The number of carbonyl (C=O) groups is 1. The lowest BCUT2D eigenvalue weighted by Gasteiger charge is -2.33. The molecule has 0 saturated heterocycles. The number of nitrogens with one attached hydrogen (secondary N) is 1. The van der Waals surface area contributed by atoms with Gasteiger partial charge in [-0.2, -0.15) is 0 Å². The summed E-state index contributed by atoms with van der Waals surface area (Å²) < 4.78 is 1.93. The number of benzene rings is 1. The number of hydrogen-bond donors (Lipinski definition) is 1. The molecule has 0 spiro atoms. The Morgan fingerprint density at radius 2 is 2.26 bits per heavy atom. The second-order valence-electron chi connectivity index (χ2n) is 5.91. The van der Waals surface area contributed by atoms with E-state index in [0.29, 0.717) is 6.54 Å². The molecule has 0 radical (unpaired) electrons. The predicted octanol–water partition coefficient (Wildman–Crippen LogP) is 2.52. The average molecular weight is 313 g/mol. The van der Waals surface area contributed by atoms with Crippen LogP contribution >= 0.6 is 0 Å². The first-order chi connectivity index (χ1) is 11.2. The molecule has 3 rings (SSSR count). The fourth-order valence-corrected chi connectivity index (χ4v) is 3.23. The van der Waals surface area contributed by atoms with Gasteiger partial charge in [-0.15, -0.1) is 10.2 Å². The Balaban J connectivity index is 1.66. The van der Waals surface area contributed by atoms with Gasteiger partial charge in [0, 0.05) is 13.6 Å². The fraction of sp³-hybridized carbons (Fsp3) is 0.471. The summed E-state index contributed by atoms with van der Waals surface area (Å²) in [4.78, 5) is 14.3. The molecular weight excluding hydrogens is 290 g/mol. The maximum absolute atomic E-state index is 12.5.